The summed E-state index contributed by atoms with van der Waals surface area (Å²) in [5, 5.41) is 1.22. The van der Waals surface area contributed by atoms with Gasteiger partial charge in [0.2, 0.25) is 5.88 Å². The number of halogens is 3. The van der Waals surface area contributed by atoms with Crippen molar-refractivity contribution >= 4 is 34.8 Å². The summed E-state index contributed by atoms with van der Waals surface area (Å²) in [6, 6.07) is 6.38. The molecule has 0 saturated carbocycles. The second-order valence-electron chi connectivity index (χ2n) is 3.79. The van der Waals surface area contributed by atoms with E-state index in [9.17, 15) is 0 Å². The zero-order valence-corrected chi connectivity index (χ0v) is 12.8. The van der Waals surface area contributed by atoms with Gasteiger partial charge in [-0.15, -0.1) is 0 Å². The van der Waals surface area contributed by atoms with E-state index in [1.807, 2.05) is 6.92 Å². The number of ether oxygens (including phenoxy) is 2. The molecule has 7 heteroatoms. The summed E-state index contributed by atoms with van der Waals surface area (Å²) in [7, 11) is 0. The lowest BCUT2D eigenvalue weighted by Gasteiger charge is -2.08. The summed E-state index contributed by atoms with van der Waals surface area (Å²) in [6.07, 6.45) is 0. The molecule has 0 radical (unpaired) electrons. The van der Waals surface area contributed by atoms with Crippen molar-refractivity contribution in [3.63, 3.8) is 0 Å². The zero-order chi connectivity index (χ0) is 14.5. The summed E-state index contributed by atoms with van der Waals surface area (Å²) < 4.78 is 10.8. The summed E-state index contributed by atoms with van der Waals surface area (Å²) in [5.74, 6) is 1.22. The summed E-state index contributed by atoms with van der Waals surface area (Å²) in [4.78, 5) is 8.24. The molecule has 0 aliphatic heterocycles. The summed E-state index contributed by atoms with van der Waals surface area (Å²) in [6.45, 7) is 2.72. The average molecular weight is 334 g/mol. The number of hydrogen-bond donors (Lipinski definition) is 0. The van der Waals surface area contributed by atoms with E-state index < -0.39 is 0 Å². The number of aromatic nitrogens is 2. The third kappa shape index (κ3) is 4.49. The first-order valence-corrected chi connectivity index (χ1v) is 6.95. The van der Waals surface area contributed by atoms with E-state index in [4.69, 9.17) is 44.3 Å². The molecule has 0 fully saturated rings. The Hall–Kier alpha value is -1.07. The predicted octanol–water partition coefficient (Wildman–Crippen LogP) is 4.77. The van der Waals surface area contributed by atoms with E-state index in [1.165, 1.54) is 6.07 Å². The highest BCUT2D eigenvalue weighted by Gasteiger charge is 2.07. The van der Waals surface area contributed by atoms with E-state index in [1.54, 1.807) is 18.2 Å². The lowest BCUT2D eigenvalue weighted by atomic mass is 10.3. The van der Waals surface area contributed by atoms with E-state index in [2.05, 4.69) is 9.97 Å². The fourth-order valence-electron chi connectivity index (χ4n) is 1.46. The van der Waals surface area contributed by atoms with Crippen LogP contribution in [0.5, 0.6) is 11.6 Å². The Balaban J connectivity index is 2.21. The molecule has 0 aliphatic carbocycles. The monoisotopic (exact) mass is 332 g/mol. The molecular formula is C13H11Cl3N2O2. The van der Waals surface area contributed by atoms with Crippen molar-refractivity contribution in [2.75, 3.05) is 6.61 Å². The molecule has 0 unspecified atom stereocenters. The third-order valence-corrected chi connectivity index (χ3v) is 2.84. The van der Waals surface area contributed by atoms with Crippen molar-refractivity contribution in [3.8, 4) is 11.6 Å². The van der Waals surface area contributed by atoms with Gasteiger partial charge in [0, 0.05) is 22.7 Å². The number of hydrogen-bond acceptors (Lipinski definition) is 4. The Morgan fingerprint density at radius 1 is 1.00 bits per heavy atom. The quantitative estimate of drug-likeness (QED) is 0.740. The van der Waals surface area contributed by atoms with Gasteiger partial charge in [-0.2, -0.15) is 4.98 Å². The van der Waals surface area contributed by atoms with Crippen molar-refractivity contribution < 1.29 is 9.47 Å². The molecule has 2 aromatic rings. The Bertz CT molecular complexity index is 588. The second kappa shape index (κ2) is 7.09. The molecule has 1 aromatic carbocycles. The molecular weight excluding hydrogens is 323 g/mol. The molecule has 0 spiro atoms. The lowest BCUT2D eigenvalue weighted by Crippen LogP contribution is -2.01. The maximum absolute atomic E-state index is 5.92. The Morgan fingerprint density at radius 3 is 2.35 bits per heavy atom. The molecule has 4 nitrogen and oxygen atoms in total. The lowest BCUT2D eigenvalue weighted by molar-refractivity contribution is 0.128. The van der Waals surface area contributed by atoms with Gasteiger partial charge < -0.3 is 9.47 Å². The highest BCUT2D eigenvalue weighted by atomic mass is 35.5. The van der Waals surface area contributed by atoms with Gasteiger partial charge in [0.15, 0.2) is 5.82 Å². The predicted molar refractivity (Wildman–Crippen MR) is 78.9 cm³/mol. The number of nitrogens with zero attached hydrogens (tertiary/aromatic N) is 2. The molecule has 0 amide bonds. The van der Waals surface area contributed by atoms with Crippen molar-refractivity contribution in [2.24, 2.45) is 0 Å². The first-order valence-electron chi connectivity index (χ1n) is 5.82. The standard InChI is InChI=1S/C13H11Cl3N2O2/c1-2-19-7-12-17-11(16)6-13(18-12)20-10-4-8(14)3-9(15)5-10/h3-6H,2,7H2,1H3. The maximum atomic E-state index is 5.92. The van der Waals surface area contributed by atoms with Crippen LogP contribution in [0.2, 0.25) is 15.2 Å². The molecule has 0 aliphatic rings. The Kier molecular flexibility index (Phi) is 5.43. The minimum atomic E-state index is 0.268. The molecule has 106 valence electrons. The van der Waals surface area contributed by atoms with Crippen LogP contribution in [0.15, 0.2) is 24.3 Å². The van der Waals surface area contributed by atoms with Gasteiger partial charge in [-0.25, -0.2) is 4.98 Å². The zero-order valence-electron chi connectivity index (χ0n) is 10.6. The maximum Gasteiger partial charge on any atom is 0.224 e. The van der Waals surface area contributed by atoms with Gasteiger partial charge in [0.05, 0.1) is 0 Å². The van der Waals surface area contributed by atoms with Crippen LogP contribution < -0.4 is 4.74 Å². The van der Waals surface area contributed by atoms with Crippen LogP contribution in [0.3, 0.4) is 0 Å². The van der Waals surface area contributed by atoms with Crippen molar-refractivity contribution in [1.29, 1.82) is 0 Å². The van der Waals surface area contributed by atoms with Crippen molar-refractivity contribution in [1.82, 2.24) is 9.97 Å². The van der Waals surface area contributed by atoms with Crippen LogP contribution >= 0.6 is 34.8 Å². The fraction of sp³-hybridized carbons (Fsp3) is 0.231. The average Bonchev–Trinajstić information content (AvgIpc) is 2.34. The molecule has 0 saturated heterocycles. The van der Waals surface area contributed by atoms with E-state index >= 15 is 0 Å². The van der Waals surface area contributed by atoms with Crippen LogP contribution in [0.4, 0.5) is 0 Å². The molecule has 1 heterocycles. The molecule has 0 bridgehead atoms. The van der Waals surface area contributed by atoms with Gasteiger partial charge >= 0.3 is 0 Å². The van der Waals surface area contributed by atoms with Crippen LogP contribution in [0, 0.1) is 0 Å². The van der Waals surface area contributed by atoms with Crippen LogP contribution in [-0.2, 0) is 11.3 Å². The number of rotatable bonds is 5. The molecule has 2 rings (SSSR count). The smallest absolute Gasteiger partial charge is 0.224 e. The molecule has 1 aromatic heterocycles. The molecule has 0 atom stereocenters. The van der Waals surface area contributed by atoms with Gasteiger partial charge in [0.1, 0.15) is 17.5 Å². The largest absolute Gasteiger partial charge is 0.439 e. The first kappa shape index (κ1) is 15.3. The van der Waals surface area contributed by atoms with Crippen molar-refractivity contribution in [2.45, 2.75) is 13.5 Å². The normalized spacial score (nSPS) is 10.6. The summed E-state index contributed by atoms with van der Waals surface area (Å²) in [5.41, 5.74) is 0. The molecule has 20 heavy (non-hydrogen) atoms. The highest BCUT2D eigenvalue weighted by Crippen LogP contribution is 2.28. The second-order valence-corrected chi connectivity index (χ2v) is 5.05. The van der Waals surface area contributed by atoms with Crippen LogP contribution in [0.1, 0.15) is 12.7 Å². The van der Waals surface area contributed by atoms with Crippen LogP contribution in [0.25, 0.3) is 0 Å². The molecule has 0 N–H and O–H groups in total. The highest BCUT2D eigenvalue weighted by molar-refractivity contribution is 6.34. The van der Waals surface area contributed by atoms with E-state index in [0.717, 1.165) is 0 Å². The van der Waals surface area contributed by atoms with E-state index in [0.29, 0.717) is 34.1 Å². The Morgan fingerprint density at radius 2 is 1.70 bits per heavy atom. The third-order valence-electron chi connectivity index (χ3n) is 2.21. The van der Waals surface area contributed by atoms with Gasteiger partial charge in [-0.05, 0) is 25.1 Å². The minimum absolute atomic E-state index is 0.268. The fourth-order valence-corrected chi connectivity index (χ4v) is 2.16. The number of benzene rings is 1. The van der Waals surface area contributed by atoms with E-state index in [-0.39, 0.29) is 11.8 Å². The van der Waals surface area contributed by atoms with Gasteiger partial charge in [0.25, 0.3) is 0 Å². The topological polar surface area (TPSA) is 44.2 Å². The summed E-state index contributed by atoms with van der Waals surface area (Å²) >= 11 is 17.7. The minimum Gasteiger partial charge on any atom is -0.439 e. The Labute approximate surface area is 131 Å². The van der Waals surface area contributed by atoms with Crippen LogP contribution in [-0.4, -0.2) is 16.6 Å². The SMILES string of the molecule is CCOCc1nc(Cl)cc(Oc2cc(Cl)cc(Cl)c2)n1. The van der Waals surface area contributed by atoms with Gasteiger partial charge in [-0.1, -0.05) is 34.8 Å². The first-order chi connectivity index (χ1) is 9.56. The van der Waals surface area contributed by atoms with Gasteiger partial charge in [-0.3, -0.25) is 0 Å². The van der Waals surface area contributed by atoms with Crippen molar-refractivity contribution in [3.05, 3.63) is 45.3 Å².